The van der Waals surface area contributed by atoms with Gasteiger partial charge >= 0.3 is 11.9 Å². The van der Waals surface area contributed by atoms with Crippen molar-refractivity contribution in [2.45, 2.75) is 278 Å². The highest BCUT2D eigenvalue weighted by Gasteiger charge is 2.20. The van der Waals surface area contributed by atoms with Gasteiger partial charge in [0.1, 0.15) is 0 Å². The molecule has 4 nitrogen and oxygen atoms in total. The SMILES string of the molecule is CCCCCCCCCCCCCCCCCCCCOC(=O)CCC(CCC)C(=O)OCCCCCCCCCCCCCCCCCCCC. The van der Waals surface area contributed by atoms with Gasteiger partial charge in [-0.25, -0.2) is 0 Å². The molecule has 0 aromatic carbocycles. The van der Waals surface area contributed by atoms with Crippen molar-refractivity contribution in [1.82, 2.24) is 0 Å². The van der Waals surface area contributed by atoms with Crippen LogP contribution >= 0.6 is 0 Å². The molecule has 0 fully saturated rings. The van der Waals surface area contributed by atoms with Gasteiger partial charge in [-0.15, -0.1) is 0 Å². The highest BCUT2D eigenvalue weighted by molar-refractivity contribution is 5.74. The first kappa shape index (κ1) is 50.9. The van der Waals surface area contributed by atoms with Gasteiger partial charge in [0, 0.05) is 6.42 Å². The summed E-state index contributed by atoms with van der Waals surface area (Å²) in [5.74, 6) is -0.465. The van der Waals surface area contributed by atoms with E-state index in [-0.39, 0.29) is 17.9 Å². The minimum Gasteiger partial charge on any atom is -0.466 e. The number of carbonyl (C=O) groups excluding carboxylic acids is 2. The summed E-state index contributed by atoms with van der Waals surface area (Å²) >= 11 is 0. The standard InChI is InChI=1S/C48H94O4/c1-4-7-9-11-13-15-17-19-21-23-25-27-29-31-33-35-37-39-44-51-47(49)43-42-46(41-6-3)48(50)52-45-40-38-36-34-32-30-28-26-24-22-20-18-16-14-12-10-8-5-2/h46H,4-45H2,1-3H3. The third-order valence-electron chi connectivity index (χ3n) is 11.2. The van der Waals surface area contributed by atoms with Crippen LogP contribution in [0, 0.1) is 5.92 Å². The quantitative estimate of drug-likeness (QED) is 0.0462. The van der Waals surface area contributed by atoms with Crippen molar-refractivity contribution in [3.63, 3.8) is 0 Å². The predicted octanol–water partition coefficient (Wildman–Crippen LogP) is 16.4. The van der Waals surface area contributed by atoms with E-state index in [2.05, 4.69) is 20.8 Å². The number of carbonyl (C=O) groups is 2. The van der Waals surface area contributed by atoms with Gasteiger partial charge in [-0.3, -0.25) is 9.59 Å². The van der Waals surface area contributed by atoms with Gasteiger partial charge in [-0.05, 0) is 25.7 Å². The van der Waals surface area contributed by atoms with Gasteiger partial charge in [0.15, 0.2) is 0 Å². The molecule has 1 unspecified atom stereocenters. The molecular weight excluding hydrogens is 641 g/mol. The number of hydrogen-bond donors (Lipinski definition) is 0. The maximum absolute atomic E-state index is 12.7. The Morgan fingerprint density at radius 2 is 0.596 bits per heavy atom. The van der Waals surface area contributed by atoms with Crippen molar-refractivity contribution in [3.05, 3.63) is 0 Å². The van der Waals surface area contributed by atoms with Crippen LogP contribution in [0.5, 0.6) is 0 Å². The van der Waals surface area contributed by atoms with Gasteiger partial charge < -0.3 is 9.47 Å². The summed E-state index contributed by atoms with van der Waals surface area (Å²) < 4.78 is 11.1. The summed E-state index contributed by atoms with van der Waals surface area (Å²) in [6, 6.07) is 0. The Bertz CT molecular complexity index is 706. The topological polar surface area (TPSA) is 52.6 Å². The summed E-state index contributed by atoms with van der Waals surface area (Å²) in [4.78, 5) is 25.0. The van der Waals surface area contributed by atoms with Gasteiger partial charge in [0.2, 0.25) is 0 Å². The fraction of sp³-hybridized carbons (Fsp3) is 0.958. The van der Waals surface area contributed by atoms with E-state index in [1.54, 1.807) is 0 Å². The van der Waals surface area contributed by atoms with E-state index in [9.17, 15) is 9.59 Å². The Balaban J connectivity index is 3.54. The Kier molecular flexibility index (Phi) is 43.4. The summed E-state index contributed by atoms with van der Waals surface area (Å²) in [6.45, 7) is 7.70. The molecule has 52 heavy (non-hydrogen) atoms. The third-order valence-corrected chi connectivity index (χ3v) is 11.2. The van der Waals surface area contributed by atoms with Crippen LogP contribution < -0.4 is 0 Å². The highest BCUT2D eigenvalue weighted by Crippen LogP contribution is 2.19. The molecule has 0 heterocycles. The largest absolute Gasteiger partial charge is 0.466 e. The molecule has 0 saturated heterocycles. The van der Waals surface area contributed by atoms with E-state index >= 15 is 0 Å². The Labute approximate surface area is 326 Å². The molecule has 0 aromatic rings. The van der Waals surface area contributed by atoms with Crippen molar-refractivity contribution in [2.24, 2.45) is 5.92 Å². The minimum absolute atomic E-state index is 0.120. The lowest BCUT2D eigenvalue weighted by atomic mass is 9.98. The second-order valence-electron chi connectivity index (χ2n) is 16.4. The number of unbranched alkanes of at least 4 members (excludes halogenated alkanes) is 34. The molecular formula is C48H94O4. The van der Waals surface area contributed by atoms with E-state index in [0.29, 0.717) is 26.1 Å². The van der Waals surface area contributed by atoms with Gasteiger partial charge in [0.05, 0.1) is 19.1 Å². The molecule has 0 aliphatic carbocycles. The fourth-order valence-electron chi connectivity index (χ4n) is 7.58. The third kappa shape index (κ3) is 40.1. The van der Waals surface area contributed by atoms with Crippen LogP contribution in [0.15, 0.2) is 0 Å². The van der Waals surface area contributed by atoms with Crippen LogP contribution in [0.4, 0.5) is 0 Å². The van der Waals surface area contributed by atoms with Crippen LogP contribution in [-0.2, 0) is 19.1 Å². The molecule has 0 saturated carbocycles. The lowest BCUT2D eigenvalue weighted by molar-refractivity contribution is -0.150. The lowest BCUT2D eigenvalue weighted by Gasteiger charge is -2.15. The summed E-state index contributed by atoms with van der Waals surface area (Å²) in [5, 5.41) is 0. The smallest absolute Gasteiger partial charge is 0.308 e. The van der Waals surface area contributed by atoms with Crippen LogP contribution in [-0.4, -0.2) is 25.2 Å². The number of hydrogen-bond acceptors (Lipinski definition) is 4. The minimum atomic E-state index is -0.182. The maximum Gasteiger partial charge on any atom is 0.308 e. The maximum atomic E-state index is 12.7. The normalized spacial score (nSPS) is 12.0. The van der Waals surface area contributed by atoms with E-state index in [4.69, 9.17) is 9.47 Å². The zero-order valence-corrected chi connectivity index (χ0v) is 35.9. The molecule has 310 valence electrons. The molecule has 0 N–H and O–H groups in total. The Morgan fingerprint density at radius 1 is 0.327 bits per heavy atom. The monoisotopic (exact) mass is 735 g/mol. The van der Waals surface area contributed by atoms with Crippen LogP contribution in [0.2, 0.25) is 0 Å². The molecule has 0 radical (unpaired) electrons. The summed E-state index contributed by atoms with van der Waals surface area (Å²) in [5.41, 5.74) is 0. The Morgan fingerprint density at radius 3 is 0.885 bits per heavy atom. The van der Waals surface area contributed by atoms with Crippen molar-refractivity contribution in [2.75, 3.05) is 13.2 Å². The van der Waals surface area contributed by atoms with Crippen LogP contribution in [0.1, 0.15) is 278 Å². The molecule has 0 bridgehead atoms. The molecule has 1 atom stereocenters. The van der Waals surface area contributed by atoms with Gasteiger partial charge in [-0.2, -0.15) is 0 Å². The van der Waals surface area contributed by atoms with Gasteiger partial charge in [0.25, 0.3) is 0 Å². The van der Waals surface area contributed by atoms with Crippen molar-refractivity contribution >= 4 is 11.9 Å². The highest BCUT2D eigenvalue weighted by atomic mass is 16.5. The van der Waals surface area contributed by atoms with E-state index in [1.807, 2.05) is 0 Å². The van der Waals surface area contributed by atoms with E-state index < -0.39 is 0 Å². The molecule has 4 heteroatoms. The second kappa shape index (κ2) is 44.3. The molecule has 0 rings (SSSR count). The van der Waals surface area contributed by atoms with Crippen molar-refractivity contribution < 1.29 is 19.1 Å². The number of ether oxygens (including phenoxy) is 2. The van der Waals surface area contributed by atoms with Crippen molar-refractivity contribution in [1.29, 1.82) is 0 Å². The first-order chi connectivity index (χ1) is 25.7. The van der Waals surface area contributed by atoms with E-state index in [1.165, 1.54) is 205 Å². The summed E-state index contributed by atoms with van der Waals surface area (Å²) in [6.07, 6.45) is 51.3. The molecule has 0 aliphatic rings. The Hall–Kier alpha value is -1.06. The number of esters is 2. The second-order valence-corrected chi connectivity index (χ2v) is 16.4. The van der Waals surface area contributed by atoms with Crippen LogP contribution in [0.3, 0.4) is 0 Å². The predicted molar refractivity (Wildman–Crippen MR) is 227 cm³/mol. The zero-order valence-electron chi connectivity index (χ0n) is 35.9. The molecule has 0 amide bonds. The number of rotatable bonds is 44. The van der Waals surface area contributed by atoms with Crippen molar-refractivity contribution in [3.8, 4) is 0 Å². The summed E-state index contributed by atoms with van der Waals surface area (Å²) in [7, 11) is 0. The van der Waals surface area contributed by atoms with E-state index in [0.717, 1.165) is 38.5 Å². The average Bonchev–Trinajstić information content (AvgIpc) is 3.15. The van der Waals surface area contributed by atoms with Crippen LogP contribution in [0.25, 0.3) is 0 Å². The van der Waals surface area contributed by atoms with Gasteiger partial charge in [-0.1, -0.05) is 245 Å². The zero-order chi connectivity index (χ0) is 37.8. The lowest BCUT2D eigenvalue weighted by Crippen LogP contribution is -2.20. The first-order valence-corrected chi connectivity index (χ1v) is 24.0. The average molecular weight is 735 g/mol. The molecule has 0 aliphatic heterocycles. The molecule has 0 spiro atoms. The fourth-order valence-corrected chi connectivity index (χ4v) is 7.58. The molecule has 0 aromatic heterocycles. The first-order valence-electron chi connectivity index (χ1n) is 24.0.